The van der Waals surface area contributed by atoms with Crippen LogP contribution in [0.4, 0.5) is 4.79 Å². The van der Waals surface area contributed by atoms with Crippen molar-refractivity contribution < 1.29 is 29.0 Å². The molecule has 0 atom stereocenters. The van der Waals surface area contributed by atoms with Crippen LogP contribution in [0.5, 0.6) is 0 Å². The molecular formula is C10H8O6. The molecule has 0 aliphatic rings. The van der Waals surface area contributed by atoms with Gasteiger partial charge in [0.2, 0.25) is 0 Å². The fraction of sp³-hybridized carbons (Fsp3) is 0.100. The number of carbonyl (C=O) groups is 3. The van der Waals surface area contributed by atoms with Crippen molar-refractivity contribution in [2.45, 2.75) is 0 Å². The molecule has 0 spiro atoms. The van der Waals surface area contributed by atoms with E-state index in [9.17, 15) is 14.4 Å². The van der Waals surface area contributed by atoms with Gasteiger partial charge in [-0.1, -0.05) is 6.07 Å². The molecule has 0 bridgehead atoms. The van der Waals surface area contributed by atoms with Crippen LogP contribution in [-0.4, -0.2) is 30.3 Å². The third kappa shape index (κ3) is 2.81. The number of rotatable bonds is 2. The molecule has 1 aromatic carbocycles. The molecule has 0 unspecified atom stereocenters. The van der Waals surface area contributed by atoms with E-state index >= 15 is 0 Å². The van der Waals surface area contributed by atoms with E-state index in [1.165, 1.54) is 31.4 Å². The molecule has 0 saturated heterocycles. The molecule has 84 valence electrons. The van der Waals surface area contributed by atoms with Gasteiger partial charge in [0.15, 0.2) is 0 Å². The Bertz CT molecular complexity index is 437. The van der Waals surface area contributed by atoms with E-state index < -0.39 is 18.1 Å². The lowest BCUT2D eigenvalue weighted by Crippen LogP contribution is -2.11. The summed E-state index contributed by atoms with van der Waals surface area (Å²) in [7, 11) is 1.20. The van der Waals surface area contributed by atoms with Gasteiger partial charge in [-0.2, -0.15) is 0 Å². The maximum Gasteiger partial charge on any atom is 0.513 e. The van der Waals surface area contributed by atoms with Crippen LogP contribution in [-0.2, 0) is 9.47 Å². The second kappa shape index (κ2) is 4.92. The van der Waals surface area contributed by atoms with Gasteiger partial charge in [0.1, 0.15) is 0 Å². The van der Waals surface area contributed by atoms with Crippen LogP contribution < -0.4 is 0 Å². The highest BCUT2D eigenvalue weighted by Gasteiger charge is 2.14. The Morgan fingerprint density at radius 2 is 1.69 bits per heavy atom. The van der Waals surface area contributed by atoms with Crippen molar-refractivity contribution in [2.24, 2.45) is 0 Å². The SMILES string of the molecule is COC(=O)c1cccc(C(=O)OC(=O)O)c1. The van der Waals surface area contributed by atoms with Crippen LogP contribution in [0.25, 0.3) is 0 Å². The van der Waals surface area contributed by atoms with Gasteiger partial charge >= 0.3 is 18.1 Å². The number of carboxylic acid groups (broad SMARTS) is 1. The molecule has 1 rings (SSSR count). The lowest BCUT2D eigenvalue weighted by molar-refractivity contribution is 0.0509. The van der Waals surface area contributed by atoms with E-state index in [0.29, 0.717) is 0 Å². The highest BCUT2D eigenvalue weighted by molar-refractivity contribution is 5.98. The number of hydrogen-bond donors (Lipinski definition) is 1. The first-order chi connectivity index (χ1) is 7.54. The standard InChI is InChI=1S/C10H8O6/c1-15-8(11)6-3-2-4-7(5-6)9(12)16-10(13)14/h2-5H,1H3,(H,13,14). The second-order valence-electron chi connectivity index (χ2n) is 2.73. The summed E-state index contributed by atoms with van der Waals surface area (Å²) < 4.78 is 8.37. The van der Waals surface area contributed by atoms with Crippen molar-refractivity contribution in [3.05, 3.63) is 35.4 Å². The Labute approximate surface area is 90.4 Å². The molecule has 6 nitrogen and oxygen atoms in total. The number of benzene rings is 1. The molecule has 0 radical (unpaired) electrons. The molecule has 0 aromatic heterocycles. The van der Waals surface area contributed by atoms with Crippen LogP contribution in [0.1, 0.15) is 20.7 Å². The Hall–Kier alpha value is -2.37. The topological polar surface area (TPSA) is 89.9 Å². The van der Waals surface area contributed by atoms with Gasteiger partial charge in [0, 0.05) is 0 Å². The highest BCUT2D eigenvalue weighted by Crippen LogP contribution is 2.08. The molecule has 0 aliphatic carbocycles. The molecule has 0 amide bonds. The number of esters is 2. The zero-order chi connectivity index (χ0) is 12.1. The maximum atomic E-state index is 11.2. The quantitative estimate of drug-likeness (QED) is 0.601. The average molecular weight is 224 g/mol. The summed E-state index contributed by atoms with van der Waals surface area (Å²) in [5.74, 6) is -1.66. The van der Waals surface area contributed by atoms with E-state index in [2.05, 4.69) is 9.47 Å². The fourth-order valence-corrected chi connectivity index (χ4v) is 1.03. The van der Waals surface area contributed by atoms with Gasteiger partial charge in [-0.05, 0) is 18.2 Å². The van der Waals surface area contributed by atoms with Crippen LogP contribution in [0.2, 0.25) is 0 Å². The predicted octanol–water partition coefficient (Wildman–Crippen LogP) is 1.31. The van der Waals surface area contributed by atoms with Gasteiger partial charge in [-0.15, -0.1) is 0 Å². The molecule has 6 heteroatoms. The minimum Gasteiger partial charge on any atom is -0.465 e. The summed E-state index contributed by atoms with van der Waals surface area (Å²) in [4.78, 5) is 32.4. The minimum atomic E-state index is -1.70. The molecule has 0 heterocycles. The normalized spacial score (nSPS) is 9.31. The van der Waals surface area contributed by atoms with Crippen molar-refractivity contribution >= 4 is 18.1 Å². The zero-order valence-electron chi connectivity index (χ0n) is 8.30. The van der Waals surface area contributed by atoms with E-state index in [0.717, 1.165) is 0 Å². The monoisotopic (exact) mass is 224 g/mol. The number of methoxy groups -OCH3 is 1. The third-order valence-corrected chi connectivity index (χ3v) is 1.70. The van der Waals surface area contributed by atoms with Crippen molar-refractivity contribution in [3.8, 4) is 0 Å². The first-order valence-corrected chi connectivity index (χ1v) is 4.18. The molecule has 0 aliphatic heterocycles. The zero-order valence-corrected chi connectivity index (χ0v) is 8.30. The first kappa shape index (κ1) is 11.7. The lowest BCUT2D eigenvalue weighted by Gasteiger charge is -2.01. The summed E-state index contributed by atoms with van der Waals surface area (Å²) in [6.45, 7) is 0. The summed E-state index contributed by atoms with van der Waals surface area (Å²) >= 11 is 0. The van der Waals surface area contributed by atoms with Crippen molar-refractivity contribution in [1.82, 2.24) is 0 Å². The van der Waals surface area contributed by atoms with E-state index in [-0.39, 0.29) is 11.1 Å². The van der Waals surface area contributed by atoms with Gasteiger partial charge in [0.05, 0.1) is 18.2 Å². The van der Waals surface area contributed by atoms with E-state index in [4.69, 9.17) is 5.11 Å². The molecule has 16 heavy (non-hydrogen) atoms. The van der Waals surface area contributed by atoms with Gasteiger partial charge < -0.3 is 14.6 Å². The summed E-state index contributed by atoms with van der Waals surface area (Å²) in [5.41, 5.74) is 0.104. The van der Waals surface area contributed by atoms with Crippen LogP contribution >= 0.6 is 0 Å². The summed E-state index contributed by atoms with van der Waals surface area (Å²) in [6.07, 6.45) is -1.70. The summed E-state index contributed by atoms with van der Waals surface area (Å²) in [6, 6.07) is 5.38. The van der Waals surface area contributed by atoms with Crippen LogP contribution in [0.15, 0.2) is 24.3 Å². The largest absolute Gasteiger partial charge is 0.513 e. The third-order valence-electron chi connectivity index (χ3n) is 1.70. The van der Waals surface area contributed by atoms with Crippen molar-refractivity contribution in [3.63, 3.8) is 0 Å². The van der Waals surface area contributed by atoms with Gasteiger partial charge in [-0.25, -0.2) is 14.4 Å². The summed E-state index contributed by atoms with van der Waals surface area (Å²) in [5, 5.41) is 8.24. The number of carbonyl (C=O) groups excluding carboxylic acids is 2. The van der Waals surface area contributed by atoms with E-state index in [1.807, 2.05) is 0 Å². The van der Waals surface area contributed by atoms with Gasteiger partial charge in [0.25, 0.3) is 0 Å². The van der Waals surface area contributed by atoms with Crippen LogP contribution in [0.3, 0.4) is 0 Å². The predicted molar refractivity (Wildman–Crippen MR) is 51.2 cm³/mol. The van der Waals surface area contributed by atoms with Crippen LogP contribution in [0, 0.1) is 0 Å². The lowest BCUT2D eigenvalue weighted by atomic mass is 10.1. The molecule has 1 N–H and O–H groups in total. The average Bonchev–Trinajstić information content (AvgIpc) is 2.27. The Morgan fingerprint density at radius 3 is 2.19 bits per heavy atom. The Balaban J connectivity index is 2.94. The Kier molecular flexibility index (Phi) is 3.60. The van der Waals surface area contributed by atoms with Crippen molar-refractivity contribution in [1.29, 1.82) is 0 Å². The van der Waals surface area contributed by atoms with Gasteiger partial charge in [-0.3, -0.25) is 0 Å². The molecule has 0 fully saturated rings. The second-order valence-corrected chi connectivity index (χ2v) is 2.73. The number of hydrogen-bond acceptors (Lipinski definition) is 5. The minimum absolute atomic E-state index is 0.0368. The highest BCUT2D eigenvalue weighted by atomic mass is 16.7. The Morgan fingerprint density at radius 1 is 1.12 bits per heavy atom. The maximum absolute atomic E-state index is 11.2. The molecule has 1 aromatic rings. The fourth-order valence-electron chi connectivity index (χ4n) is 1.03. The first-order valence-electron chi connectivity index (χ1n) is 4.18. The molecular weight excluding hydrogens is 216 g/mol. The molecule has 0 saturated carbocycles. The smallest absolute Gasteiger partial charge is 0.465 e. The number of ether oxygens (including phenoxy) is 2. The van der Waals surface area contributed by atoms with Crippen molar-refractivity contribution in [2.75, 3.05) is 7.11 Å². The van der Waals surface area contributed by atoms with E-state index in [1.54, 1.807) is 0 Å².